The van der Waals surface area contributed by atoms with Gasteiger partial charge in [0.2, 0.25) is 0 Å². The zero-order valence-corrected chi connectivity index (χ0v) is 14.7. The van der Waals surface area contributed by atoms with Crippen molar-refractivity contribution >= 4 is 35.2 Å². The predicted molar refractivity (Wildman–Crippen MR) is 99.5 cm³/mol. The number of anilines is 1. The van der Waals surface area contributed by atoms with Crippen LogP contribution >= 0.6 is 11.6 Å². The van der Waals surface area contributed by atoms with Crippen LogP contribution in [0.4, 0.5) is 5.69 Å². The minimum Gasteiger partial charge on any atom is -0.484 e. The summed E-state index contributed by atoms with van der Waals surface area (Å²) >= 11 is 6.03. The summed E-state index contributed by atoms with van der Waals surface area (Å²) in [6.07, 6.45) is 1.45. The lowest BCUT2D eigenvalue weighted by Gasteiger charge is -2.09. The molecule has 0 fully saturated rings. The molecule has 0 saturated carbocycles. The Hall–Kier alpha value is -3.30. The zero-order chi connectivity index (χ0) is 19.1. The van der Waals surface area contributed by atoms with Gasteiger partial charge in [0.05, 0.1) is 0 Å². The Kier molecular flexibility index (Phi) is 6.36. The standard InChI is InChI=1S/C19H16ClN3O3/c1-12-16(20)3-2-4-17(12)23-19(25)14(10-21)9-13-5-7-15(8-6-13)26-11-18(22)24/h2-9H,11H2,1H3,(H2,22,24)(H,23,25). The van der Waals surface area contributed by atoms with Crippen LogP contribution in [-0.2, 0) is 9.59 Å². The molecule has 0 aliphatic heterocycles. The summed E-state index contributed by atoms with van der Waals surface area (Å²) in [5.41, 5.74) is 6.84. The van der Waals surface area contributed by atoms with E-state index in [0.29, 0.717) is 22.0 Å². The molecule has 2 aromatic carbocycles. The number of nitrogens with one attached hydrogen (secondary N) is 1. The number of nitrogens with two attached hydrogens (primary N) is 1. The third kappa shape index (κ3) is 5.10. The van der Waals surface area contributed by atoms with Crippen LogP contribution in [0, 0.1) is 18.3 Å². The molecule has 0 unspecified atom stereocenters. The van der Waals surface area contributed by atoms with Gasteiger partial charge in [0.1, 0.15) is 17.4 Å². The van der Waals surface area contributed by atoms with E-state index in [0.717, 1.165) is 5.56 Å². The van der Waals surface area contributed by atoms with Crippen LogP contribution in [0.3, 0.4) is 0 Å². The maximum Gasteiger partial charge on any atom is 0.266 e. The fourth-order valence-corrected chi connectivity index (χ4v) is 2.24. The topological polar surface area (TPSA) is 105 Å². The zero-order valence-electron chi connectivity index (χ0n) is 14.0. The summed E-state index contributed by atoms with van der Waals surface area (Å²) < 4.78 is 5.15. The van der Waals surface area contributed by atoms with Crippen molar-refractivity contribution in [3.05, 3.63) is 64.2 Å². The quantitative estimate of drug-likeness (QED) is 0.603. The molecule has 0 saturated heterocycles. The average Bonchev–Trinajstić information content (AvgIpc) is 2.62. The van der Waals surface area contributed by atoms with Crippen LogP contribution in [0.2, 0.25) is 5.02 Å². The summed E-state index contributed by atoms with van der Waals surface area (Å²) in [4.78, 5) is 23.0. The highest BCUT2D eigenvalue weighted by Crippen LogP contribution is 2.23. The first-order valence-electron chi connectivity index (χ1n) is 7.60. The summed E-state index contributed by atoms with van der Waals surface area (Å²) in [7, 11) is 0. The van der Waals surface area contributed by atoms with Crippen molar-refractivity contribution in [1.82, 2.24) is 0 Å². The molecule has 0 aliphatic carbocycles. The minimum atomic E-state index is -0.575. The van der Waals surface area contributed by atoms with Crippen molar-refractivity contribution in [2.24, 2.45) is 5.73 Å². The van der Waals surface area contributed by atoms with E-state index >= 15 is 0 Å². The second-order valence-electron chi connectivity index (χ2n) is 5.36. The third-order valence-corrected chi connectivity index (χ3v) is 3.86. The number of nitrogens with zero attached hydrogens (tertiary/aromatic N) is 1. The molecule has 7 heteroatoms. The van der Waals surface area contributed by atoms with E-state index in [-0.39, 0.29) is 12.2 Å². The van der Waals surface area contributed by atoms with Gasteiger partial charge in [-0.05, 0) is 48.4 Å². The van der Waals surface area contributed by atoms with E-state index in [4.69, 9.17) is 22.1 Å². The lowest BCUT2D eigenvalue weighted by molar-refractivity contribution is -0.120. The second-order valence-corrected chi connectivity index (χ2v) is 5.77. The molecule has 0 spiro atoms. The van der Waals surface area contributed by atoms with Gasteiger partial charge in [-0.3, -0.25) is 9.59 Å². The SMILES string of the molecule is Cc1c(Cl)cccc1NC(=O)C(C#N)=Cc1ccc(OCC(N)=O)cc1. The molecule has 2 amide bonds. The van der Waals surface area contributed by atoms with Gasteiger partial charge in [-0.1, -0.05) is 29.8 Å². The second kappa shape index (κ2) is 8.70. The molecule has 0 heterocycles. The molecule has 26 heavy (non-hydrogen) atoms. The molecular weight excluding hydrogens is 354 g/mol. The van der Waals surface area contributed by atoms with Crippen LogP contribution < -0.4 is 15.8 Å². The van der Waals surface area contributed by atoms with Crippen molar-refractivity contribution < 1.29 is 14.3 Å². The maximum absolute atomic E-state index is 12.3. The number of carbonyl (C=O) groups excluding carboxylic acids is 2. The Morgan fingerprint density at radius 3 is 2.58 bits per heavy atom. The number of hydrogen-bond acceptors (Lipinski definition) is 4. The molecule has 0 radical (unpaired) electrons. The summed E-state index contributed by atoms with van der Waals surface area (Å²) in [6.45, 7) is 1.55. The summed E-state index contributed by atoms with van der Waals surface area (Å²) in [5, 5.41) is 12.5. The number of amides is 2. The fraction of sp³-hybridized carbons (Fsp3) is 0.105. The van der Waals surface area contributed by atoms with E-state index < -0.39 is 11.8 Å². The van der Waals surface area contributed by atoms with Crippen molar-refractivity contribution in [2.45, 2.75) is 6.92 Å². The lowest BCUT2D eigenvalue weighted by Crippen LogP contribution is -2.19. The molecule has 0 atom stereocenters. The van der Waals surface area contributed by atoms with Crippen molar-refractivity contribution in [2.75, 3.05) is 11.9 Å². The Morgan fingerprint density at radius 2 is 1.96 bits per heavy atom. The Labute approximate surface area is 155 Å². The van der Waals surface area contributed by atoms with Crippen molar-refractivity contribution in [3.63, 3.8) is 0 Å². The first-order valence-corrected chi connectivity index (χ1v) is 7.98. The van der Waals surface area contributed by atoms with Crippen molar-refractivity contribution in [1.29, 1.82) is 5.26 Å². The number of carbonyl (C=O) groups is 2. The number of benzene rings is 2. The monoisotopic (exact) mass is 369 g/mol. The smallest absolute Gasteiger partial charge is 0.266 e. The van der Waals surface area contributed by atoms with Gasteiger partial charge >= 0.3 is 0 Å². The van der Waals surface area contributed by atoms with E-state index in [9.17, 15) is 14.9 Å². The van der Waals surface area contributed by atoms with Crippen LogP contribution in [0.25, 0.3) is 6.08 Å². The van der Waals surface area contributed by atoms with E-state index in [1.807, 2.05) is 6.07 Å². The van der Waals surface area contributed by atoms with Crippen LogP contribution in [0.1, 0.15) is 11.1 Å². The van der Waals surface area contributed by atoms with Gasteiger partial charge in [0.15, 0.2) is 6.61 Å². The molecule has 132 valence electrons. The highest BCUT2D eigenvalue weighted by atomic mass is 35.5. The maximum atomic E-state index is 12.3. The number of halogens is 1. The van der Waals surface area contributed by atoms with Crippen molar-refractivity contribution in [3.8, 4) is 11.8 Å². The van der Waals surface area contributed by atoms with E-state index in [1.54, 1.807) is 49.4 Å². The van der Waals surface area contributed by atoms with E-state index in [1.165, 1.54) is 6.08 Å². The molecule has 6 nitrogen and oxygen atoms in total. The normalized spacial score (nSPS) is 10.7. The highest BCUT2D eigenvalue weighted by Gasteiger charge is 2.12. The third-order valence-electron chi connectivity index (χ3n) is 3.45. The van der Waals surface area contributed by atoms with Gasteiger partial charge in [-0.2, -0.15) is 5.26 Å². The van der Waals surface area contributed by atoms with Gasteiger partial charge in [-0.15, -0.1) is 0 Å². The van der Waals surface area contributed by atoms with Gasteiger partial charge in [0.25, 0.3) is 11.8 Å². The Morgan fingerprint density at radius 1 is 1.27 bits per heavy atom. The van der Waals surface area contributed by atoms with Crippen LogP contribution in [0.5, 0.6) is 5.75 Å². The summed E-state index contributed by atoms with van der Waals surface area (Å²) in [6, 6.07) is 13.6. The van der Waals surface area contributed by atoms with E-state index in [2.05, 4.69) is 5.32 Å². The average molecular weight is 370 g/mol. The lowest BCUT2D eigenvalue weighted by atomic mass is 10.1. The Bertz CT molecular complexity index is 899. The number of rotatable bonds is 6. The molecule has 0 aromatic heterocycles. The number of nitriles is 1. The van der Waals surface area contributed by atoms with Gasteiger partial charge in [0, 0.05) is 10.7 Å². The first kappa shape index (κ1) is 19.0. The number of ether oxygens (including phenoxy) is 1. The molecule has 3 N–H and O–H groups in total. The van der Waals surface area contributed by atoms with Crippen LogP contribution in [-0.4, -0.2) is 18.4 Å². The minimum absolute atomic E-state index is 0.0600. The predicted octanol–water partition coefficient (Wildman–Crippen LogP) is 3.06. The van der Waals surface area contributed by atoms with Gasteiger partial charge in [-0.25, -0.2) is 0 Å². The molecule has 0 aliphatic rings. The number of hydrogen-bond donors (Lipinski definition) is 2. The Balaban J connectivity index is 2.14. The highest BCUT2D eigenvalue weighted by molar-refractivity contribution is 6.31. The largest absolute Gasteiger partial charge is 0.484 e. The van der Waals surface area contributed by atoms with Gasteiger partial charge < -0.3 is 15.8 Å². The molecular formula is C19H16ClN3O3. The molecule has 0 bridgehead atoms. The molecule has 2 rings (SSSR count). The number of primary amides is 1. The summed E-state index contributed by atoms with van der Waals surface area (Å²) in [5.74, 6) is -0.654. The molecule has 2 aromatic rings. The fourth-order valence-electron chi connectivity index (χ4n) is 2.06. The van der Waals surface area contributed by atoms with Crippen LogP contribution in [0.15, 0.2) is 48.0 Å². The first-order chi connectivity index (χ1) is 12.4.